The second kappa shape index (κ2) is 10.7. The van der Waals surface area contributed by atoms with Gasteiger partial charge in [-0.1, -0.05) is 61.3 Å². The lowest BCUT2D eigenvalue weighted by atomic mass is 9.31. The molecule has 45 heavy (non-hydrogen) atoms. The molecule has 0 aromatic carbocycles. The summed E-state index contributed by atoms with van der Waals surface area (Å²) in [7, 11) is 0. The monoisotopic (exact) mass is 626 g/mol. The van der Waals surface area contributed by atoms with E-state index < -0.39 is 22.8 Å². The summed E-state index contributed by atoms with van der Waals surface area (Å²) in [6.45, 7) is 17.1. The zero-order valence-corrected chi connectivity index (χ0v) is 29.4. The summed E-state index contributed by atoms with van der Waals surface area (Å²) >= 11 is 0. The molecule has 6 fully saturated rings. The van der Waals surface area contributed by atoms with Crippen LogP contribution in [0.4, 0.5) is 0 Å². The van der Waals surface area contributed by atoms with Crippen molar-refractivity contribution >= 4 is 17.9 Å². The van der Waals surface area contributed by atoms with Gasteiger partial charge in [0.15, 0.2) is 0 Å². The van der Waals surface area contributed by atoms with Crippen molar-refractivity contribution in [3.8, 4) is 0 Å². The Labute approximate surface area is 272 Å². The number of ether oxygens (including phenoxy) is 1. The van der Waals surface area contributed by atoms with Crippen LogP contribution >= 0.6 is 0 Å². The minimum atomic E-state index is -0.814. The van der Waals surface area contributed by atoms with Crippen LogP contribution in [-0.2, 0) is 19.1 Å². The average molecular weight is 627 g/mol. The van der Waals surface area contributed by atoms with E-state index in [0.717, 1.165) is 89.9 Å². The highest BCUT2D eigenvalue weighted by Gasteiger charge is 2.71. The third kappa shape index (κ3) is 4.94. The smallest absolute Gasteiger partial charge is 0.309 e. The van der Waals surface area contributed by atoms with Gasteiger partial charge in [-0.3, -0.25) is 14.4 Å². The number of carbonyl (C=O) groups is 3. The van der Waals surface area contributed by atoms with E-state index in [0.29, 0.717) is 17.8 Å². The first kappa shape index (κ1) is 33.3. The van der Waals surface area contributed by atoms with Crippen LogP contribution in [0, 0.1) is 61.6 Å². The first-order valence-corrected chi connectivity index (χ1v) is 18.5. The van der Waals surface area contributed by atoms with Crippen LogP contribution in [0.25, 0.3) is 0 Å². The Kier molecular flexibility index (Phi) is 7.93. The van der Waals surface area contributed by atoms with E-state index in [-0.39, 0.29) is 57.9 Å². The molecule has 0 bridgehead atoms. The number of aliphatic carboxylic acids is 2. The fourth-order valence-corrected chi connectivity index (χ4v) is 14.0. The summed E-state index contributed by atoms with van der Waals surface area (Å²) in [5.74, 6) is 0.194. The first-order chi connectivity index (χ1) is 20.8. The summed E-state index contributed by atoms with van der Waals surface area (Å²) < 4.78 is 6.36. The Bertz CT molecular complexity index is 1210. The highest BCUT2D eigenvalue weighted by atomic mass is 16.5. The molecular weight excluding hydrogens is 564 g/mol. The van der Waals surface area contributed by atoms with Crippen LogP contribution in [0.1, 0.15) is 158 Å². The molecule has 0 unspecified atom stereocenters. The zero-order chi connectivity index (χ0) is 32.8. The van der Waals surface area contributed by atoms with Crippen molar-refractivity contribution in [2.24, 2.45) is 61.6 Å². The van der Waals surface area contributed by atoms with Crippen molar-refractivity contribution in [2.75, 3.05) is 0 Å². The second-order valence-corrected chi connectivity index (χ2v) is 19.4. The Morgan fingerprint density at radius 2 is 1.33 bits per heavy atom. The van der Waals surface area contributed by atoms with Crippen LogP contribution < -0.4 is 0 Å². The first-order valence-electron chi connectivity index (χ1n) is 18.5. The predicted octanol–water partition coefficient (Wildman–Crippen LogP) is 9.29. The fourth-order valence-electron chi connectivity index (χ4n) is 14.0. The molecule has 6 heteroatoms. The number of esters is 1. The zero-order valence-electron chi connectivity index (χ0n) is 29.4. The number of carbonyl (C=O) groups excluding carboxylic acids is 1. The standard InChI is InChI=1S/C39H62O6/c1-33(2)18-20-39(32(43)44)21-19-36(6)25(26(39)22-33)10-11-28-35(5)16-13-29(34(3,4)27(35)12-17-37(28,36)7)45-31(42)24-38(23-30(40)41)14-8-9-15-38/h25-29H,8-24H2,1-7H3,(H,40,41)(H,43,44)/t25-,26+,27+,28-,29+,35+,36-,37-,39+/m1/s1. The largest absolute Gasteiger partial charge is 0.481 e. The lowest BCUT2D eigenvalue weighted by Crippen LogP contribution is -2.67. The van der Waals surface area contributed by atoms with Crippen LogP contribution in [0.15, 0.2) is 0 Å². The van der Waals surface area contributed by atoms with Crippen LogP contribution in [0.3, 0.4) is 0 Å². The molecule has 0 radical (unpaired) electrons. The lowest BCUT2D eigenvalue weighted by Gasteiger charge is -2.73. The molecule has 0 amide bonds. The number of hydrogen-bond acceptors (Lipinski definition) is 4. The van der Waals surface area contributed by atoms with Gasteiger partial charge < -0.3 is 14.9 Å². The quantitative estimate of drug-likeness (QED) is 0.285. The number of hydrogen-bond donors (Lipinski definition) is 2. The highest BCUT2D eigenvalue weighted by molar-refractivity contribution is 5.76. The Morgan fingerprint density at radius 1 is 0.667 bits per heavy atom. The van der Waals surface area contributed by atoms with Gasteiger partial charge >= 0.3 is 17.9 Å². The Hall–Kier alpha value is -1.59. The van der Waals surface area contributed by atoms with Gasteiger partial charge in [0.05, 0.1) is 18.3 Å². The van der Waals surface area contributed by atoms with Gasteiger partial charge in [-0.25, -0.2) is 0 Å². The van der Waals surface area contributed by atoms with Crippen molar-refractivity contribution in [1.29, 1.82) is 0 Å². The third-order valence-corrected chi connectivity index (χ3v) is 16.6. The molecule has 0 aliphatic heterocycles. The van der Waals surface area contributed by atoms with E-state index >= 15 is 0 Å². The molecular formula is C39H62O6. The van der Waals surface area contributed by atoms with Gasteiger partial charge in [0.2, 0.25) is 0 Å². The van der Waals surface area contributed by atoms with Gasteiger partial charge in [-0.05, 0) is 134 Å². The fraction of sp³-hybridized carbons (Fsp3) is 0.923. The summed E-state index contributed by atoms with van der Waals surface area (Å²) in [6.07, 6.45) is 15.0. The molecule has 6 aliphatic carbocycles. The van der Waals surface area contributed by atoms with Gasteiger partial charge in [0, 0.05) is 5.41 Å². The van der Waals surface area contributed by atoms with E-state index in [4.69, 9.17) is 4.74 Å². The van der Waals surface area contributed by atoms with Gasteiger partial charge in [0.25, 0.3) is 0 Å². The van der Waals surface area contributed by atoms with E-state index in [1.807, 2.05) is 0 Å². The van der Waals surface area contributed by atoms with Crippen LogP contribution in [0.5, 0.6) is 0 Å². The van der Waals surface area contributed by atoms with Crippen molar-refractivity contribution < 1.29 is 29.3 Å². The molecule has 0 spiro atoms. The second-order valence-electron chi connectivity index (χ2n) is 19.4. The number of fused-ring (bicyclic) bond motifs is 7. The molecule has 2 N–H and O–H groups in total. The summed E-state index contributed by atoms with van der Waals surface area (Å²) in [5.41, 5.74) is -0.495. The molecule has 0 aromatic rings. The van der Waals surface area contributed by atoms with Crippen molar-refractivity contribution in [2.45, 2.75) is 164 Å². The Balaban J connectivity index is 1.23. The average Bonchev–Trinajstić information content (AvgIpc) is 3.37. The molecule has 6 aliphatic rings. The molecule has 6 saturated carbocycles. The van der Waals surface area contributed by atoms with E-state index in [9.17, 15) is 24.6 Å². The van der Waals surface area contributed by atoms with E-state index in [1.165, 1.54) is 6.42 Å². The van der Waals surface area contributed by atoms with Crippen molar-refractivity contribution in [3.05, 3.63) is 0 Å². The maximum atomic E-state index is 13.4. The van der Waals surface area contributed by atoms with Crippen molar-refractivity contribution in [1.82, 2.24) is 0 Å². The highest BCUT2D eigenvalue weighted by Crippen LogP contribution is 2.77. The molecule has 9 atom stereocenters. The number of carboxylic acids is 2. The van der Waals surface area contributed by atoms with Gasteiger partial charge in [0.1, 0.15) is 6.10 Å². The molecule has 6 nitrogen and oxygen atoms in total. The Morgan fingerprint density at radius 3 is 1.98 bits per heavy atom. The number of carboxylic acid groups (broad SMARTS) is 2. The molecule has 6 rings (SSSR count). The lowest BCUT2D eigenvalue weighted by molar-refractivity contribution is -0.256. The summed E-state index contributed by atoms with van der Waals surface area (Å²) in [5, 5.41) is 20.2. The molecule has 0 heterocycles. The van der Waals surface area contributed by atoms with Crippen LogP contribution in [-0.4, -0.2) is 34.2 Å². The third-order valence-electron chi connectivity index (χ3n) is 16.6. The summed E-state index contributed by atoms with van der Waals surface area (Å²) in [4.78, 5) is 38.1. The minimum absolute atomic E-state index is 0.0584. The minimum Gasteiger partial charge on any atom is -0.481 e. The molecule has 0 saturated heterocycles. The number of rotatable bonds is 6. The van der Waals surface area contributed by atoms with Crippen molar-refractivity contribution in [3.63, 3.8) is 0 Å². The van der Waals surface area contributed by atoms with Gasteiger partial charge in [-0.15, -0.1) is 0 Å². The molecule has 0 aromatic heterocycles. The van der Waals surface area contributed by atoms with E-state index in [2.05, 4.69) is 48.5 Å². The normalized spacial score (nSPS) is 46.1. The topological polar surface area (TPSA) is 101 Å². The predicted molar refractivity (Wildman–Crippen MR) is 174 cm³/mol. The SMILES string of the molecule is CC1(C)CC[C@]2(C(=O)O)CC[C@]3(C)[C@H](CC[C@@H]4[C@@]5(C)CC[C@H](OC(=O)CC6(CC(=O)O)CCCC6)C(C)(C)[C@@H]5CC[C@]43C)[C@@H]2C1. The summed E-state index contributed by atoms with van der Waals surface area (Å²) in [6, 6.07) is 0. The van der Waals surface area contributed by atoms with E-state index in [1.54, 1.807) is 0 Å². The maximum absolute atomic E-state index is 13.4. The van der Waals surface area contributed by atoms with Crippen LogP contribution in [0.2, 0.25) is 0 Å². The van der Waals surface area contributed by atoms with Gasteiger partial charge in [-0.2, -0.15) is 0 Å². The molecule has 254 valence electrons. The maximum Gasteiger partial charge on any atom is 0.309 e.